The smallest absolute Gasteiger partial charge is 0.340 e. The van der Waals surface area contributed by atoms with Crippen LogP contribution in [-0.4, -0.2) is 31.2 Å². The fraction of sp³-hybridized carbons (Fsp3) is 0.300. The van der Waals surface area contributed by atoms with E-state index in [-0.39, 0.29) is 10.6 Å². The minimum absolute atomic E-state index is 0.182. The molecular weight excluding hydrogens is 235 g/mol. The number of carboxylic acid groups (broad SMARTS) is 1. The molecule has 2 N–H and O–H groups in total. The molecule has 1 aliphatic rings. The topological polar surface area (TPSA) is 52.6 Å². The second kappa shape index (κ2) is 3.83. The average Bonchev–Trinajstić information content (AvgIpc) is 2.20. The lowest BCUT2D eigenvalue weighted by atomic mass is 10.1. The number of rotatable bonds is 1. The summed E-state index contributed by atoms with van der Waals surface area (Å²) < 4.78 is 13.6. The van der Waals surface area contributed by atoms with Gasteiger partial charge in [0.15, 0.2) is 5.82 Å². The summed E-state index contributed by atoms with van der Waals surface area (Å²) in [4.78, 5) is 12.7. The third kappa shape index (κ3) is 1.57. The number of halogens is 2. The molecule has 1 aromatic carbocycles. The van der Waals surface area contributed by atoms with Gasteiger partial charge in [-0.1, -0.05) is 11.6 Å². The number of hydrogen-bond acceptors (Lipinski definition) is 3. The maximum Gasteiger partial charge on any atom is 0.340 e. The molecule has 1 aromatic rings. The molecular formula is C10H10ClFN2O2. The zero-order valence-corrected chi connectivity index (χ0v) is 9.31. The Bertz CT molecular complexity index is 465. The largest absolute Gasteiger partial charge is 0.478 e. The van der Waals surface area contributed by atoms with E-state index in [0.29, 0.717) is 24.5 Å². The second-order valence-corrected chi connectivity index (χ2v) is 4.00. The SMILES string of the molecule is CN1CCNc2cc(Cl)c(F)c(C(=O)O)c21. The molecule has 0 saturated carbocycles. The van der Waals surface area contributed by atoms with E-state index in [0.717, 1.165) is 0 Å². The van der Waals surface area contributed by atoms with Crippen LogP contribution in [0.15, 0.2) is 6.07 Å². The average molecular weight is 245 g/mol. The molecule has 0 aliphatic carbocycles. The zero-order chi connectivity index (χ0) is 11.9. The number of benzene rings is 1. The summed E-state index contributed by atoms with van der Waals surface area (Å²) in [6.07, 6.45) is 0. The van der Waals surface area contributed by atoms with Gasteiger partial charge >= 0.3 is 5.97 Å². The van der Waals surface area contributed by atoms with Crippen LogP contribution in [0.25, 0.3) is 0 Å². The summed E-state index contributed by atoms with van der Waals surface area (Å²) in [6.45, 7) is 1.29. The number of fused-ring (bicyclic) bond motifs is 1. The van der Waals surface area contributed by atoms with E-state index < -0.39 is 11.8 Å². The molecule has 0 fully saturated rings. The van der Waals surface area contributed by atoms with Crippen molar-refractivity contribution in [1.29, 1.82) is 0 Å². The molecule has 16 heavy (non-hydrogen) atoms. The highest BCUT2D eigenvalue weighted by atomic mass is 35.5. The Balaban J connectivity index is 2.73. The lowest BCUT2D eigenvalue weighted by Crippen LogP contribution is -2.32. The molecule has 1 aliphatic heterocycles. The van der Waals surface area contributed by atoms with E-state index in [9.17, 15) is 9.18 Å². The van der Waals surface area contributed by atoms with E-state index in [1.807, 2.05) is 0 Å². The molecule has 0 radical (unpaired) electrons. The molecule has 6 heteroatoms. The first kappa shape index (κ1) is 11.0. The first-order valence-corrected chi connectivity index (χ1v) is 5.10. The van der Waals surface area contributed by atoms with Gasteiger partial charge in [-0.3, -0.25) is 0 Å². The van der Waals surface area contributed by atoms with E-state index in [2.05, 4.69) is 5.32 Å². The summed E-state index contributed by atoms with van der Waals surface area (Å²) >= 11 is 5.65. The zero-order valence-electron chi connectivity index (χ0n) is 8.55. The monoisotopic (exact) mass is 244 g/mol. The van der Waals surface area contributed by atoms with Crippen molar-refractivity contribution < 1.29 is 14.3 Å². The van der Waals surface area contributed by atoms with Gasteiger partial charge in [0.1, 0.15) is 5.56 Å². The number of carboxylic acids is 1. The maximum absolute atomic E-state index is 13.6. The lowest BCUT2D eigenvalue weighted by molar-refractivity contribution is 0.0692. The minimum atomic E-state index is -1.31. The Morgan fingerprint density at radius 2 is 2.38 bits per heavy atom. The number of nitrogens with one attached hydrogen (secondary N) is 1. The first-order valence-electron chi connectivity index (χ1n) is 4.72. The summed E-state index contributed by atoms with van der Waals surface area (Å²) in [7, 11) is 1.72. The van der Waals surface area contributed by atoms with Gasteiger partial charge in [-0.2, -0.15) is 0 Å². The van der Waals surface area contributed by atoms with Crippen molar-refractivity contribution in [3.05, 3.63) is 22.5 Å². The predicted molar refractivity (Wildman–Crippen MR) is 60.1 cm³/mol. The third-order valence-corrected chi connectivity index (χ3v) is 2.83. The van der Waals surface area contributed by atoms with Gasteiger partial charge in [-0.05, 0) is 6.07 Å². The van der Waals surface area contributed by atoms with E-state index in [4.69, 9.17) is 16.7 Å². The van der Waals surface area contributed by atoms with Gasteiger partial charge < -0.3 is 15.3 Å². The number of carbonyl (C=O) groups is 1. The van der Waals surface area contributed by atoms with Crippen molar-refractivity contribution in [3.8, 4) is 0 Å². The van der Waals surface area contributed by atoms with E-state index in [1.165, 1.54) is 6.07 Å². The van der Waals surface area contributed by atoms with Crippen LogP contribution in [-0.2, 0) is 0 Å². The Hall–Kier alpha value is -1.49. The van der Waals surface area contributed by atoms with Crippen molar-refractivity contribution in [1.82, 2.24) is 0 Å². The first-order chi connectivity index (χ1) is 7.52. The van der Waals surface area contributed by atoms with Crippen LogP contribution < -0.4 is 10.2 Å². The van der Waals surface area contributed by atoms with Crippen LogP contribution >= 0.6 is 11.6 Å². The summed E-state index contributed by atoms with van der Waals surface area (Å²) in [5.74, 6) is -2.20. The van der Waals surface area contributed by atoms with Crippen molar-refractivity contribution in [2.75, 3.05) is 30.4 Å². The number of nitrogens with zero attached hydrogens (tertiary/aromatic N) is 1. The van der Waals surface area contributed by atoms with E-state index in [1.54, 1.807) is 11.9 Å². The summed E-state index contributed by atoms with van der Waals surface area (Å²) in [6, 6.07) is 1.41. The Morgan fingerprint density at radius 3 is 3.00 bits per heavy atom. The molecule has 0 amide bonds. The highest BCUT2D eigenvalue weighted by Gasteiger charge is 2.26. The summed E-state index contributed by atoms with van der Waals surface area (Å²) in [5.41, 5.74) is 0.524. The van der Waals surface area contributed by atoms with Gasteiger partial charge in [0.25, 0.3) is 0 Å². The molecule has 86 valence electrons. The number of hydrogen-bond donors (Lipinski definition) is 2. The van der Waals surface area contributed by atoms with Crippen molar-refractivity contribution in [3.63, 3.8) is 0 Å². The van der Waals surface area contributed by atoms with Crippen LogP contribution in [0.4, 0.5) is 15.8 Å². The van der Waals surface area contributed by atoms with Gasteiger partial charge in [-0.25, -0.2) is 9.18 Å². The van der Waals surface area contributed by atoms with Crippen molar-refractivity contribution >= 4 is 28.9 Å². The molecule has 0 spiro atoms. The van der Waals surface area contributed by atoms with Gasteiger partial charge in [0.05, 0.1) is 16.4 Å². The Labute approximate surface area is 96.6 Å². The van der Waals surface area contributed by atoms with Gasteiger partial charge in [-0.15, -0.1) is 0 Å². The molecule has 0 atom stereocenters. The number of likely N-dealkylation sites (N-methyl/N-ethyl adjacent to an activating group) is 1. The third-order valence-electron chi connectivity index (χ3n) is 2.55. The van der Waals surface area contributed by atoms with Crippen LogP contribution in [0.5, 0.6) is 0 Å². The van der Waals surface area contributed by atoms with Crippen LogP contribution in [0.3, 0.4) is 0 Å². The second-order valence-electron chi connectivity index (χ2n) is 3.60. The van der Waals surface area contributed by atoms with Crippen molar-refractivity contribution in [2.45, 2.75) is 0 Å². The normalized spacial score (nSPS) is 14.3. The Morgan fingerprint density at radius 1 is 1.69 bits per heavy atom. The quantitative estimate of drug-likeness (QED) is 0.794. The fourth-order valence-corrected chi connectivity index (χ4v) is 2.02. The maximum atomic E-state index is 13.6. The minimum Gasteiger partial charge on any atom is -0.478 e. The molecule has 0 unspecified atom stereocenters. The van der Waals surface area contributed by atoms with Crippen LogP contribution in [0.1, 0.15) is 10.4 Å². The lowest BCUT2D eigenvalue weighted by Gasteiger charge is -2.30. The molecule has 0 saturated heterocycles. The van der Waals surface area contributed by atoms with Gasteiger partial charge in [0, 0.05) is 20.1 Å². The highest BCUT2D eigenvalue weighted by Crippen LogP contribution is 2.37. The van der Waals surface area contributed by atoms with Crippen LogP contribution in [0.2, 0.25) is 5.02 Å². The summed E-state index contributed by atoms with van der Waals surface area (Å²) in [5, 5.41) is 11.8. The van der Waals surface area contributed by atoms with E-state index >= 15 is 0 Å². The molecule has 0 aromatic heterocycles. The number of aromatic carboxylic acids is 1. The predicted octanol–water partition coefficient (Wildman–Crippen LogP) is 2.04. The fourth-order valence-electron chi connectivity index (χ4n) is 1.81. The standard InChI is InChI=1S/C10H10ClFN2O2/c1-14-3-2-13-6-4-5(11)8(12)7(9(6)14)10(15)16/h4,13H,2-3H2,1H3,(H,15,16). The van der Waals surface area contributed by atoms with Crippen molar-refractivity contribution in [2.24, 2.45) is 0 Å². The molecule has 0 bridgehead atoms. The molecule has 4 nitrogen and oxygen atoms in total. The Kier molecular flexibility index (Phi) is 2.63. The molecule has 1 heterocycles. The van der Waals surface area contributed by atoms with Gasteiger partial charge in [0.2, 0.25) is 0 Å². The number of anilines is 2. The van der Waals surface area contributed by atoms with Crippen LogP contribution in [0, 0.1) is 5.82 Å². The molecule has 2 rings (SSSR count). The highest BCUT2D eigenvalue weighted by molar-refractivity contribution is 6.31.